The molecule has 0 saturated carbocycles. The van der Waals surface area contributed by atoms with Gasteiger partial charge in [0, 0.05) is 13.0 Å². The maximum Gasteiger partial charge on any atom is 0.329 e. The molecule has 97 heavy (non-hydrogen) atoms. The number of hydrogen-bond acceptors (Lipinski definition) is 17. The first-order chi connectivity index (χ1) is 45.5. The zero-order valence-electron chi connectivity index (χ0n) is 59.7. The molecule has 29 nitrogen and oxygen atoms in total. The fourth-order valence-corrected chi connectivity index (χ4v) is 11.0. The molecule has 2 aliphatic rings. The molecule has 2 fully saturated rings. The van der Waals surface area contributed by atoms with Crippen LogP contribution in [0.5, 0.6) is 0 Å². The zero-order valence-corrected chi connectivity index (χ0v) is 59.7. The highest BCUT2D eigenvalue weighted by molar-refractivity contribution is 6.03. The summed E-state index contributed by atoms with van der Waals surface area (Å²) in [5.74, 6) is -14.8. The van der Waals surface area contributed by atoms with Crippen LogP contribution in [0.3, 0.4) is 0 Å². The largest absolute Gasteiger partial charge is 0.458 e. The molecule has 0 spiro atoms. The highest BCUT2D eigenvalue weighted by atomic mass is 16.5. The number of amides is 12. The number of likely N-dealkylation sites (tertiary alicyclic amines) is 1. The maximum atomic E-state index is 15.0. The summed E-state index contributed by atoms with van der Waals surface area (Å²) in [4.78, 5) is 187. The fourth-order valence-electron chi connectivity index (χ4n) is 11.0. The average molecular weight is 1370 g/mol. The van der Waals surface area contributed by atoms with Crippen molar-refractivity contribution < 1.29 is 72.2 Å². The number of benzene rings is 1. The quantitative estimate of drug-likeness (QED) is 0.0383. The average Bonchev–Trinajstić information content (AvgIpc) is 1.86. The Kier molecular flexibility index (Phi) is 33.8. The van der Waals surface area contributed by atoms with Gasteiger partial charge < -0.3 is 84.7 Å². The molecule has 2 heterocycles. The van der Waals surface area contributed by atoms with E-state index in [1.807, 2.05) is 0 Å². The number of aliphatic hydroxyl groups is 1. The number of rotatable bonds is 28. The van der Waals surface area contributed by atoms with Gasteiger partial charge in [-0.2, -0.15) is 0 Å². The SMILES string of the molecule is C/C=C1\NC(=O)[C@H](Cc2ccccc2)NC(=O)[C@@H](C(C)C)NC(=O)[C@@H]([C@@H](C)CC)NC(=O)[C@H](NC(=O)[C@H](NC(=O)[C@H](CCCN)NC(=O)[C@H]2CCCN2C(=O)[C@H](NC(=O)[C@@H](NC(=O)[C@@H](NC(=O)[C@H](N)C(C)C)[C@@H](C)O)C(C)C)C(C)C)[C@@H](C)CC)[C@@H](C)OC(=O)[C@H](C(C)C)NC1=O. The molecular formula is C68H112N14O15. The molecule has 544 valence electrons. The standard InChI is InChI=1S/C68H112N14O15/c1-18-38(14)52(78-57(85)44(28-24-30-69)72-59(87)46-29-25-31-82(46)67(95)50(36(10)11)76-62(90)49(35(8)9)75-65(93)54(40(16)83)80-60(88)47(70)33(4)5)64(92)81-55-41(17)97-68(96)51(37(12)13)77-56(84)43(20-3)71-58(86)45(32-42-26-22-21-23-27-42)73-61(89)48(34(6)7)74-63(91)53(39(15)19-2)79-66(55)94/h20-23,26-27,33-41,44-55,83H,18-19,24-25,28-32,69-70H2,1-17H3,(H,71,86)(H,72,87)(H,73,89)(H,74,91)(H,75,93)(H,76,90)(H,77,84)(H,78,85)(H,79,94)(H,80,88)(H,81,92)/b43-20-/t38-,39-,40+,41+,44-,45-,46+,47+,48+,49-,50+,51-,52+,53+,54-,55+/m0/s1. The van der Waals surface area contributed by atoms with Gasteiger partial charge in [0.25, 0.3) is 5.91 Å². The fraction of sp³-hybridized carbons (Fsp3) is 0.691. The molecule has 1 aromatic carbocycles. The van der Waals surface area contributed by atoms with Crippen LogP contribution in [0.2, 0.25) is 0 Å². The summed E-state index contributed by atoms with van der Waals surface area (Å²) < 4.78 is 5.95. The number of ether oxygens (including phenoxy) is 1. The number of nitrogens with two attached hydrogens (primary N) is 2. The number of esters is 1. The lowest BCUT2D eigenvalue weighted by Gasteiger charge is -2.33. The molecule has 29 heteroatoms. The van der Waals surface area contributed by atoms with Gasteiger partial charge >= 0.3 is 5.97 Å². The third-order valence-corrected chi connectivity index (χ3v) is 17.8. The second-order valence-electron chi connectivity index (χ2n) is 27.4. The smallest absolute Gasteiger partial charge is 0.329 e. The molecule has 1 aromatic rings. The number of hydrogen-bond donors (Lipinski definition) is 14. The molecule has 12 amide bonds. The minimum Gasteiger partial charge on any atom is -0.458 e. The van der Waals surface area contributed by atoms with Gasteiger partial charge in [0.2, 0.25) is 65.0 Å². The lowest BCUT2D eigenvalue weighted by atomic mass is 9.95. The van der Waals surface area contributed by atoms with Crippen molar-refractivity contribution >= 4 is 76.9 Å². The van der Waals surface area contributed by atoms with E-state index in [2.05, 4.69) is 58.5 Å². The summed E-state index contributed by atoms with van der Waals surface area (Å²) >= 11 is 0. The molecule has 0 unspecified atom stereocenters. The number of cyclic esters (lactones) is 1. The Balaban J connectivity index is 2.03. The van der Waals surface area contributed by atoms with E-state index in [4.69, 9.17) is 16.2 Å². The van der Waals surface area contributed by atoms with Crippen molar-refractivity contribution in [2.75, 3.05) is 13.1 Å². The Morgan fingerprint density at radius 2 is 1.21 bits per heavy atom. The van der Waals surface area contributed by atoms with Gasteiger partial charge in [0.05, 0.1) is 12.1 Å². The van der Waals surface area contributed by atoms with Gasteiger partial charge in [-0.1, -0.05) is 146 Å². The Morgan fingerprint density at radius 1 is 0.649 bits per heavy atom. The lowest BCUT2D eigenvalue weighted by molar-refractivity contribution is -0.157. The van der Waals surface area contributed by atoms with Crippen LogP contribution < -0.4 is 70.0 Å². The van der Waals surface area contributed by atoms with Crippen molar-refractivity contribution in [1.29, 1.82) is 0 Å². The van der Waals surface area contributed by atoms with E-state index in [-0.39, 0.29) is 56.8 Å². The topological polar surface area (TPSA) is 439 Å². The summed E-state index contributed by atoms with van der Waals surface area (Å²) in [7, 11) is 0. The van der Waals surface area contributed by atoms with Crippen LogP contribution >= 0.6 is 0 Å². The number of allylic oxidation sites excluding steroid dienone is 1. The summed E-state index contributed by atoms with van der Waals surface area (Å²) in [5.41, 5.74) is 12.3. The highest BCUT2D eigenvalue weighted by Gasteiger charge is 2.44. The van der Waals surface area contributed by atoms with Crippen molar-refractivity contribution in [1.82, 2.24) is 63.4 Å². The first kappa shape index (κ1) is 83.2. The van der Waals surface area contributed by atoms with Crippen molar-refractivity contribution in [3.63, 3.8) is 0 Å². The van der Waals surface area contributed by atoms with Crippen LogP contribution in [-0.4, -0.2) is 185 Å². The van der Waals surface area contributed by atoms with E-state index in [1.165, 1.54) is 31.7 Å². The monoisotopic (exact) mass is 1360 g/mol. The third-order valence-electron chi connectivity index (χ3n) is 17.8. The van der Waals surface area contributed by atoms with Gasteiger partial charge in [-0.15, -0.1) is 0 Å². The van der Waals surface area contributed by atoms with Crippen LogP contribution in [0.15, 0.2) is 42.1 Å². The van der Waals surface area contributed by atoms with Crippen molar-refractivity contribution in [3.8, 4) is 0 Å². The van der Waals surface area contributed by atoms with Crippen LogP contribution in [-0.2, 0) is 73.5 Å². The van der Waals surface area contributed by atoms with E-state index < -0.39 is 197 Å². The van der Waals surface area contributed by atoms with Crippen LogP contribution in [0, 0.1) is 41.4 Å². The first-order valence-corrected chi connectivity index (χ1v) is 34.2. The Bertz CT molecular complexity index is 2920. The van der Waals surface area contributed by atoms with E-state index in [9.17, 15) is 67.4 Å². The van der Waals surface area contributed by atoms with Crippen LogP contribution in [0.25, 0.3) is 0 Å². The molecule has 0 aromatic heterocycles. The molecule has 2 saturated heterocycles. The molecule has 2 aliphatic heterocycles. The number of carbonyl (C=O) groups excluding carboxylic acids is 13. The minimum absolute atomic E-state index is 0.0317. The normalized spacial score (nSPS) is 23.5. The number of carbonyl (C=O) groups is 13. The number of nitrogens with one attached hydrogen (secondary N) is 11. The predicted octanol–water partition coefficient (Wildman–Crippen LogP) is -0.147. The van der Waals surface area contributed by atoms with Crippen LogP contribution in [0.4, 0.5) is 0 Å². The molecule has 0 bridgehead atoms. The van der Waals surface area contributed by atoms with E-state index >= 15 is 0 Å². The summed E-state index contributed by atoms with van der Waals surface area (Å²) in [6, 6.07) is -7.36. The first-order valence-electron chi connectivity index (χ1n) is 34.2. The van der Waals surface area contributed by atoms with Gasteiger partial charge in [-0.05, 0) is 100.0 Å². The molecule has 0 aliphatic carbocycles. The summed E-state index contributed by atoms with van der Waals surface area (Å²) in [6.45, 7) is 27.7. The second-order valence-corrected chi connectivity index (χ2v) is 27.4. The van der Waals surface area contributed by atoms with Gasteiger partial charge in [-0.25, -0.2) is 4.79 Å². The summed E-state index contributed by atoms with van der Waals surface area (Å²) in [5, 5.41) is 40.0. The zero-order chi connectivity index (χ0) is 73.5. The number of aliphatic hydroxyl groups excluding tert-OH is 1. The van der Waals surface area contributed by atoms with Crippen molar-refractivity contribution in [2.45, 2.75) is 247 Å². The van der Waals surface area contributed by atoms with Crippen molar-refractivity contribution in [2.24, 2.45) is 52.9 Å². The molecule has 16 atom stereocenters. The van der Waals surface area contributed by atoms with Gasteiger partial charge in [-0.3, -0.25) is 57.5 Å². The Hall–Kier alpha value is -8.05. The Labute approximate surface area is 571 Å². The molecule has 0 radical (unpaired) electrons. The molecular weight excluding hydrogens is 1250 g/mol. The maximum absolute atomic E-state index is 15.0. The summed E-state index contributed by atoms with van der Waals surface area (Å²) in [6.07, 6.45) is -0.438. The number of nitrogens with zero attached hydrogens (tertiary/aromatic N) is 1. The van der Waals surface area contributed by atoms with Crippen molar-refractivity contribution in [3.05, 3.63) is 47.7 Å². The molecule has 16 N–H and O–H groups in total. The predicted molar refractivity (Wildman–Crippen MR) is 363 cm³/mol. The van der Waals surface area contributed by atoms with E-state index in [1.54, 1.807) is 127 Å². The van der Waals surface area contributed by atoms with Crippen LogP contribution in [0.1, 0.15) is 162 Å². The van der Waals surface area contributed by atoms with E-state index in [0.29, 0.717) is 18.4 Å². The van der Waals surface area contributed by atoms with E-state index in [0.717, 1.165) is 0 Å². The van der Waals surface area contributed by atoms with Gasteiger partial charge in [0.15, 0.2) is 0 Å². The highest BCUT2D eigenvalue weighted by Crippen LogP contribution is 2.23. The Morgan fingerprint density at radius 3 is 1.74 bits per heavy atom. The second kappa shape index (κ2) is 39.4. The minimum atomic E-state index is -1.82. The molecule has 3 rings (SSSR count). The van der Waals surface area contributed by atoms with Gasteiger partial charge in [0.1, 0.15) is 78.3 Å². The third kappa shape index (κ3) is 24.2. The lowest BCUT2D eigenvalue weighted by Crippen LogP contribution is -2.64.